The first kappa shape index (κ1) is 17.2. The second kappa shape index (κ2) is 7.97. The number of halogens is 1. The summed E-state index contributed by atoms with van der Waals surface area (Å²) in [6.07, 6.45) is 3.27. The van der Waals surface area contributed by atoms with E-state index in [9.17, 15) is 9.18 Å². The molecule has 0 bridgehead atoms. The fourth-order valence-electron chi connectivity index (χ4n) is 3.02. The number of hydrogen-bond acceptors (Lipinski definition) is 3. The van der Waals surface area contributed by atoms with Crippen LogP contribution in [0.15, 0.2) is 63.8 Å². The first-order valence-corrected chi connectivity index (χ1v) is 8.69. The van der Waals surface area contributed by atoms with Crippen LogP contribution in [-0.4, -0.2) is 6.54 Å². The van der Waals surface area contributed by atoms with E-state index in [0.29, 0.717) is 12.1 Å². The van der Waals surface area contributed by atoms with Crippen molar-refractivity contribution in [3.05, 3.63) is 76.4 Å². The summed E-state index contributed by atoms with van der Waals surface area (Å²) in [6, 6.07) is 15.7. The Morgan fingerprint density at radius 2 is 1.88 bits per heavy atom. The summed E-state index contributed by atoms with van der Waals surface area (Å²) in [5.41, 5.74) is 1.99. The van der Waals surface area contributed by atoms with Crippen molar-refractivity contribution in [2.45, 2.75) is 32.7 Å². The minimum atomic E-state index is -0.362. The van der Waals surface area contributed by atoms with Gasteiger partial charge in [0.15, 0.2) is 5.58 Å². The van der Waals surface area contributed by atoms with Gasteiger partial charge in [0.2, 0.25) is 0 Å². The number of anilines is 1. The summed E-state index contributed by atoms with van der Waals surface area (Å²) in [4.78, 5) is 13.8. The molecule has 0 saturated heterocycles. The Morgan fingerprint density at radius 3 is 2.68 bits per heavy atom. The summed E-state index contributed by atoms with van der Waals surface area (Å²) < 4.78 is 19.0. The van der Waals surface area contributed by atoms with Crippen LogP contribution in [0.2, 0.25) is 0 Å². The molecule has 3 nitrogen and oxygen atoms in total. The maximum Gasteiger partial charge on any atom is 0.336 e. The Bertz CT molecular complexity index is 904. The molecular weight excluding hydrogens is 317 g/mol. The molecule has 0 aliphatic rings. The van der Waals surface area contributed by atoms with Gasteiger partial charge in [0.1, 0.15) is 5.82 Å². The summed E-state index contributed by atoms with van der Waals surface area (Å²) >= 11 is 0. The maximum atomic E-state index is 13.6. The fourth-order valence-corrected chi connectivity index (χ4v) is 3.02. The predicted octanol–water partition coefficient (Wildman–Crippen LogP) is 5.13. The zero-order valence-electron chi connectivity index (χ0n) is 14.4. The van der Waals surface area contributed by atoms with Crippen LogP contribution in [0.4, 0.5) is 10.1 Å². The van der Waals surface area contributed by atoms with E-state index in [1.165, 1.54) is 12.1 Å². The third kappa shape index (κ3) is 4.27. The molecule has 25 heavy (non-hydrogen) atoms. The van der Waals surface area contributed by atoms with Crippen LogP contribution in [0.1, 0.15) is 31.7 Å². The van der Waals surface area contributed by atoms with Crippen LogP contribution >= 0.6 is 0 Å². The van der Waals surface area contributed by atoms with Crippen molar-refractivity contribution in [1.82, 2.24) is 0 Å². The lowest BCUT2D eigenvalue weighted by molar-refractivity contribution is 0.558. The van der Waals surface area contributed by atoms with Crippen LogP contribution < -0.4 is 10.5 Å². The highest BCUT2D eigenvalue weighted by Gasteiger charge is 2.13. The van der Waals surface area contributed by atoms with E-state index in [1.807, 2.05) is 24.3 Å². The topological polar surface area (TPSA) is 33.5 Å². The monoisotopic (exact) mass is 339 g/mol. The number of hydrogen-bond donors (Lipinski definition) is 0. The van der Waals surface area contributed by atoms with Gasteiger partial charge < -0.3 is 9.32 Å². The maximum absolute atomic E-state index is 13.6. The van der Waals surface area contributed by atoms with E-state index in [4.69, 9.17) is 4.42 Å². The van der Waals surface area contributed by atoms with E-state index in [2.05, 4.69) is 11.8 Å². The van der Waals surface area contributed by atoms with Gasteiger partial charge in [-0.05, 0) is 36.2 Å². The first-order valence-electron chi connectivity index (χ1n) is 8.69. The summed E-state index contributed by atoms with van der Waals surface area (Å²) in [5.74, 6) is -0.240. The number of nitrogens with zero attached hydrogens (tertiary/aromatic N) is 1. The lowest BCUT2D eigenvalue weighted by Crippen LogP contribution is -2.24. The lowest BCUT2D eigenvalue weighted by Gasteiger charge is -2.25. The third-order valence-electron chi connectivity index (χ3n) is 4.26. The Morgan fingerprint density at radius 1 is 1.04 bits per heavy atom. The van der Waals surface area contributed by atoms with Crippen LogP contribution in [0, 0.1) is 5.82 Å². The molecule has 0 atom stereocenters. The van der Waals surface area contributed by atoms with Crippen LogP contribution in [0.3, 0.4) is 0 Å². The Hall–Kier alpha value is -2.62. The highest BCUT2D eigenvalue weighted by molar-refractivity contribution is 5.88. The molecule has 0 radical (unpaired) electrons. The molecule has 0 fully saturated rings. The molecule has 0 spiro atoms. The van der Waals surface area contributed by atoms with Gasteiger partial charge >= 0.3 is 5.63 Å². The molecule has 0 unspecified atom stereocenters. The lowest BCUT2D eigenvalue weighted by atomic mass is 10.1. The molecule has 3 aromatic rings. The summed E-state index contributed by atoms with van der Waals surface area (Å²) in [5, 5.41) is 0.886. The van der Waals surface area contributed by atoms with E-state index in [0.717, 1.165) is 42.4 Å². The zero-order chi connectivity index (χ0) is 17.6. The van der Waals surface area contributed by atoms with E-state index >= 15 is 0 Å². The minimum Gasteiger partial charge on any atom is -0.420 e. The largest absolute Gasteiger partial charge is 0.420 e. The van der Waals surface area contributed by atoms with Gasteiger partial charge in [-0.2, -0.15) is 0 Å². The molecule has 0 N–H and O–H groups in total. The van der Waals surface area contributed by atoms with E-state index in [1.54, 1.807) is 18.2 Å². The van der Waals surface area contributed by atoms with Gasteiger partial charge in [-0.1, -0.05) is 44.0 Å². The minimum absolute atomic E-state index is 0.240. The predicted molar refractivity (Wildman–Crippen MR) is 99.5 cm³/mol. The Balaban J connectivity index is 1.99. The highest BCUT2D eigenvalue weighted by atomic mass is 19.1. The van der Waals surface area contributed by atoms with Crippen LogP contribution in [-0.2, 0) is 6.54 Å². The van der Waals surface area contributed by atoms with Gasteiger partial charge in [0.25, 0.3) is 0 Å². The summed E-state index contributed by atoms with van der Waals surface area (Å²) in [7, 11) is 0. The molecule has 0 aliphatic heterocycles. The Labute approximate surface area is 146 Å². The zero-order valence-corrected chi connectivity index (χ0v) is 14.4. The van der Waals surface area contributed by atoms with Gasteiger partial charge in [-0.25, -0.2) is 9.18 Å². The third-order valence-corrected chi connectivity index (χ3v) is 4.26. The second-order valence-electron chi connectivity index (χ2n) is 6.21. The average Bonchev–Trinajstić information content (AvgIpc) is 2.60. The normalized spacial score (nSPS) is 11.0. The first-order chi connectivity index (χ1) is 12.2. The van der Waals surface area contributed by atoms with Crippen molar-refractivity contribution in [2.24, 2.45) is 0 Å². The van der Waals surface area contributed by atoms with Crippen molar-refractivity contribution >= 4 is 16.7 Å². The van der Waals surface area contributed by atoms with E-state index in [-0.39, 0.29) is 11.4 Å². The van der Waals surface area contributed by atoms with Gasteiger partial charge in [0, 0.05) is 24.5 Å². The molecule has 4 heteroatoms. The number of para-hydroxylation sites is 1. The Kier molecular flexibility index (Phi) is 5.49. The second-order valence-corrected chi connectivity index (χ2v) is 6.21. The molecule has 0 aliphatic carbocycles. The van der Waals surface area contributed by atoms with Crippen molar-refractivity contribution in [1.29, 1.82) is 0 Å². The number of rotatable bonds is 7. The summed E-state index contributed by atoms with van der Waals surface area (Å²) in [6.45, 7) is 3.55. The number of benzene rings is 2. The van der Waals surface area contributed by atoms with Crippen molar-refractivity contribution in [2.75, 3.05) is 11.4 Å². The fraction of sp³-hybridized carbons (Fsp3) is 0.286. The molecular formula is C21H22FNO2. The average molecular weight is 339 g/mol. The molecule has 1 heterocycles. The molecule has 0 saturated carbocycles. The number of unbranched alkanes of at least 4 members (excludes halogenated alkanes) is 2. The van der Waals surface area contributed by atoms with Gasteiger partial charge in [-0.3, -0.25) is 0 Å². The quantitative estimate of drug-likeness (QED) is 0.442. The van der Waals surface area contributed by atoms with Gasteiger partial charge in [0.05, 0.1) is 5.69 Å². The molecule has 1 aromatic heterocycles. The molecule has 3 rings (SSSR count). The van der Waals surface area contributed by atoms with Crippen LogP contribution in [0.5, 0.6) is 0 Å². The van der Waals surface area contributed by atoms with Gasteiger partial charge in [-0.15, -0.1) is 0 Å². The van der Waals surface area contributed by atoms with Crippen molar-refractivity contribution in [3.63, 3.8) is 0 Å². The number of fused-ring (bicyclic) bond motifs is 1. The standard InChI is InChI=1S/C21H22FNO2/c1-2-3-4-13-23(15-16-7-5-9-18(22)14-16)19-10-6-8-17-11-12-20(24)25-21(17)19/h5-12,14H,2-4,13,15H2,1H3. The van der Waals surface area contributed by atoms with E-state index < -0.39 is 0 Å². The van der Waals surface area contributed by atoms with Crippen molar-refractivity contribution < 1.29 is 8.81 Å². The van der Waals surface area contributed by atoms with Crippen molar-refractivity contribution in [3.8, 4) is 0 Å². The SMILES string of the molecule is CCCCCN(Cc1cccc(F)c1)c1cccc2ccc(=O)oc12. The smallest absolute Gasteiger partial charge is 0.336 e. The molecule has 0 amide bonds. The molecule has 130 valence electrons. The van der Waals surface area contributed by atoms with Crippen LogP contribution in [0.25, 0.3) is 11.0 Å². The highest BCUT2D eigenvalue weighted by Crippen LogP contribution is 2.27. The molecule has 2 aromatic carbocycles.